The maximum Gasteiger partial charge on any atom is 0.319 e. The van der Waals surface area contributed by atoms with Gasteiger partial charge in [0.1, 0.15) is 11.9 Å². The van der Waals surface area contributed by atoms with Crippen molar-refractivity contribution in [2.24, 2.45) is 0 Å². The van der Waals surface area contributed by atoms with Crippen LogP contribution in [0.2, 0.25) is 5.02 Å². The number of urea groups is 1. The van der Waals surface area contributed by atoms with Crippen LogP contribution in [0.15, 0.2) is 30.5 Å². The number of amides is 3. The highest BCUT2D eigenvalue weighted by molar-refractivity contribution is 6.30. The lowest BCUT2D eigenvalue weighted by atomic mass is 9.98. The molecule has 3 amide bonds. The van der Waals surface area contributed by atoms with E-state index >= 15 is 0 Å². The van der Waals surface area contributed by atoms with Crippen molar-refractivity contribution in [2.75, 3.05) is 34.4 Å². The van der Waals surface area contributed by atoms with Crippen molar-refractivity contribution in [3.8, 4) is 23.3 Å². The number of nitrogens with one attached hydrogen (secondary N) is 1. The zero-order valence-corrected chi connectivity index (χ0v) is 23.4. The van der Waals surface area contributed by atoms with Gasteiger partial charge < -0.3 is 29.2 Å². The van der Waals surface area contributed by atoms with Crippen molar-refractivity contribution in [3.05, 3.63) is 52.4 Å². The second-order valence-corrected chi connectivity index (χ2v) is 10.3. The van der Waals surface area contributed by atoms with Gasteiger partial charge in [-0.15, -0.1) is 0 Å². The van der Waals surface area contributed by atoms with Crippen molar-refractivity contribution in [1.29, 1.82) is 0 Å². The van der Waals surface area contributed by atoms with Gasteiger partial charge >= 0.3 is 12.0 Å². The van der Waals surface area contributed by atoms with Crippen LogP contribution in [0.4, 0.5) is 4.79 Å². The largest absolute Gasteiger partial charge is 0.480 e. The summed E-state index contributed by atoms with van der Waals surface area (Å²) in [6, 6.07) is 7.17. The molecule has 3 aromatic rings. The van der Waals surface area contributed by atoms with E-state index in [1.807, 2.05) is 29.2 Å². The van der Waals surface area contributed by atoms with Gasteiger partial charge in [-0.1, -0.05) is 23.7 Å². The van der Waals surface area contributed by atoms with Gasteiger partial charge in [-0.05, 0) is 44.4 Å². The fourth-order valence-corrected chi connectivity index (χ4v) is 5.68. The summed E-state index contributed by atoms with van der Waals surface area (Å²) in [6.45, 7) is 5.23. The third-order valence-electron chi connectivity index (χ3n) is 7.33. The molecule has 5 rings (SSSR count). The molecule has 11 nitrogen and oxygen atoms in total. The summed E-state index contributed by atoms with van der Waals surface area (Å²) in [5.41, 5.74) is 2.70. The molecule has 2 aliphatic heterocycles. The number of likely N-dealkylation sites (tertiary alicyclic amines) is 1. The fourth-order valence-electron chi connectivity index (χ4n) is 5.55. The fraction of sp³-hybridized carbons (Fsp3) is 0.444. The first kappa shape index (κ1) is 26.7. The molecular formula is C27H32ClN7O4. The van der Waals surface area contributed by atoms with Crippen LogP contribution >= 0.6 is 11.6 Å². The molecule has 0 saturated carbocycles. The van der Waals surface area contributed by atoms with Gasteiger partial charge in [0.15, 0.2) is 5.69 Å². The van der Waals surface area contributed by atoms with Gasteiger partial charge in [-0.25, -0.2) is 14.8 Å². The molecule has 1 N–H and O–H groups in total. The Balaban J connectivity index is 1.63. The molecule has 2 aromatic heterocycles. The average molecular weight is 554 g/mol. The van der Waals surface area contributed by atoms with E-state index in [2.05, 4.69) is 33.7 Å². The van der Waals surface area contributed by atoms with E-state index in [-0.39, 0.29) is 36.1 Å². The lowest BCUT2D eigenvalue weighted by Crippen LogP contribution is -2.50. The maximum absolute atomic E-state index is 14.1. The molecule has 4 heterocycles. The third kappa shape index (κ3) is 4.64. The molecule has 1 saturated heterocycles. The first-order valence-corrected chi connectivity index (χ1v) is 13.3. The highest BCUT2D eigenvalue weighted by Crippen LogP contribution is 2.45. The monoisotopic (exact) mass is 553 g/mol. The molecule has 12 heteroatoms. The van der Waals surface area contributed by atoms with Crippen LogP contribution in [-0.4, -0.2) is 81.7 Å². The topological polar surface area (TPSA) is 115 Å². The second-order valence-electron chi connectivity index (χ2n) is 9.85. The van der Waals surface area contributed by atoms with Gasteiger partial charge in [0, 0.05) is 43.4 Å². The summed E-state index contributed by atoms with van der Waals surface area (Å²) in [6.07, 6.45) is 2.94. The number of hydrogen-bond donors (Lipinski definition) is 1. The Labute approximate surface area is 232 Å². The number of ether oxygens (including phenoxy) is 2. The summed E-state index contributed by atoms with van der Waals surface area (Å²) in [4.78, 5) is 43.5. The summed E-state index contributed by atoms with van der Waals surface area (Å²) in [7, 11) is 4.64. The molecule has 0 bridgehead atoms. The van der Waals surface area contributed by atoms with Crippen molar-refractivity contribution in [3.63, 3.8) is 0 Å². The van der Waals surface area contributed by atoms with E-state index in [0.717, 1.165) is 11.3 Å². The number of hydrogen-bond acceptors (Lipinski definition) is 7. The quantitative estimate of drug-likeness (QED) is 0.491. The molecule has 0 spiro atoms. The van der Waals surface area contributed by atoms with Crippen molar-refractivity contribution in [2.45, 2.75) is 44.8 Å². The number of aromatic nitrogens is 4. The molecule has 1 fully saturated rings. The highest BCUT2D eigenvalue weighted by Gasteiger charge is 2.47. The SMILES string of the molecule is CNC(=O)N1CCC(N2C(=O)c3nc(-c4cnc(OC)nc4OC)n(C(C)C)c3C2c2ccc(Cl)cc2)CC1. The Morgan fingerprint density at radius 1 is 1.10 bits per heavy atom. The number of halogens is 1. The molecule has 1 unspecified atom stereocenters. The van der Waals surface area contributed by atoms with E-state index in [9.17, 15) is 9.59 Å². The van der Waals surface area contributed by atoms with Crippen LogP contribution in [0.25, 0.3) is 11.4 Å². The summed E-state index contributed by atoms with van der Waals surface area (Å²) in [5.74, 6) is 0.717. The summed E-state index contributed by atoms with van der Waals surface area (Å²) < 4.78 is 12.8. The molecule has 0 radical (unpaired) electrons. The molecule has 2 aliphatic rings. The number of nitrogens with zero attached hydrogens (tertiary/aromatic N) is 6. The van der Waals surface area contributed by atoms with Crippen LogP contribution in [0, 0.1) is 0 Å². The van der Waals surface area contributed by atoms with Crippen LogP contribution < -0.4 is 14.8 Å². The number of methoxy groups -OCH3 is 2. The highest BCUT2D eigenvalue weighted by atomic mass is 35.5. The third-order valence-corrected chi connectivity index (χ3v) is 7.58. The lowest BCUT2D eigenvalue weighted by Gasteiger charge is -2.40. The van der Waals surface area contributed by atoms with Gasteiger partial charge in [0.2, 0.25) is 5.88 Å². The second kappa shape index (κ2) is 10.7. The van der Waals surface area contributed by atoms with Gasteiger partial charge in [0.05, 0.1) is 25.5 Å². The van der Waals surface area contributed by atoms with Crippen LogP contribution in [0.1, 0.15) is 60.5 Å². The predicted molar refractivity (Wildman–Crippen MR) is 145 cm³/mol. The minimum atomic E-state index is -0.380. The summed E-state index contributed by atoms with van der Waals surface area (Å²) >= 11 is 6.24. The Morgan fingerprint density at radius 3 is 2.38 bits per heavy atom. The Hall–Kier alpha value is -3.86. The van der Waals surface area contributed by atoms with Crippen LogP contribution in [0.5, 0.6) is 11.9 Å². The Morgan fingerprint density at radius 2 is 1.79 bits per heavy atom. The zero-order chi connectivity index (χ0) is 27.8. The van der Waals surface area contributed by atoms with E-state index < -0.39 is 0 Å². The number of piperidine rings is 1. The number of rotatable bonds is 6. The Kier molecular flexibility index (Phi) is 7.35. The van der Waals surface area contributed by atoms with E-state index in [0.29, 0.717) is 53.9 Å². The average Bonchev–Trinajstić information content (AvgIpc) is 3.47. The molecule has 39 heavy (non-hydrogen) atoms. The van der Waals surface area contributed by atoms with Crippen molar-refractivity contribution >= 4 is 23.5 Å². The first-order chi connectivity index (χ1) is 18.8. The van der Waals surface area contributed by atoms with E-state index in [4.69, 9.17) is 26.1 Å². The zero-order valence-electron chi connectivity index (χ0n) is 22.6. The van der Waals surface area contributed by atoms with Gasteiger partial charge in [0.25, 0.3) is 5.91 Å². The normalized spacial score (nSPS) is 17.5. The predicted octanol–water partition coefficient (Wildman–Crippen LogP) is 3.94. The molecular weight excluding hydrogens is 522 g/mol. The maximum atomic E-state index is 14.1. The number of carbonyl (C=O) groups is 2. The van der Waals surface area contributed by atoms with Gasteiger partial charge in [-0.2, -0.15) is 4.98 Å². The molecule has 206 valence electrons. The van der Waals surface area contributed by atoms with Crippen molar-refractivity contribution < 1.29 is 19.1 Å². The minimum absolute atomic E-state index is 0.0410. The smallest absolute Gasteiger partial charge is 0.319 e. The lowest BCUT2D eigenvalue weighted by molar-refractivity contribution is 0.0560. The Bertz CT molecular complexity index is 1380. The van der Waals surface area contributed by atoms with E-state index in [1.165, 1.54) is 14.2 Å². The van der Waals surface area contributed by atoms with Crippen LogP contribution in [0.3, 0.4) is 0 Å². The summed E-state index contributed by atoms with van der Waals surface area (Å²) in [5, 5.41) is 3.31. The molecule has 1 atom stereocenters. The number of imidazole rings is 1. The first-order valence-electron chi connectivity index (χ1n) is 12.9. The van der Waals surface area contributed by atoms with Crippen molar-refractivity contribution in [1.82, 2.24) is 34.6 Å². The number of benzene rings is 1. The molecule has 0 aliphatic carbocycles. The van der Waals surface area contributed by atoms with Gasteiger partial charge in [-0.3, -0.25) is 4.79 Å². The minimum Gasteiger partial charge on any atom is -0.480 e. The number of fused-ring (bicyclic) bond motifs is 1. The van der Waals surface area contributed by atoms with Crippen LogP contribution in [-0.2, 0) is 0 Å². The number of carbonyl (C=O) groups excluding carboxylic acids is 2. The standard InChI is InChI=1S/C27H32ClN7O4/c1-15(2)34-22-20(31-23(34)19-14-30-26(39-5)32-24(19)38-4)25(36)35(21(22)16-6-8-17(28)9-7-16)18-10-12-33(13-11-18)27(37)29-3/h6-9,14-15,18,21H,10-13H2,1-5H3,(H,29,37). The molecule has 1 aromatic carbocycles. The van der Waals surface area contributed by atoms with E-state index in [1.54, 1.807) is 18.1 Å².